The predicted molar refractivity (Wildman–Crippen MR) is 74.0 cm³/mol. The third-order valence-corrected chi connectivity index (χ3v) is 3.75. The molecule has 2 aliphatic rings. The van der Waals surface area contributed by atoms with E-state index in [-0.39, 0.29) is 6.17 Å². The molecule has 3 rings (SSSR count). The van der Waals surface area contributed by atoms with Crippen molar-refractivity contribution in [3.05, 3.63) is 41.6 Å². The monoisotopic (exact) mass is 271 g/mol. The topological polar surface area (TPSA) is 48.7 Å². The van der Waals surface area contributed by atoms with E-state index in [0.29, 0.717) is 5.57 Å². The van der Waals surface area contributed by atoms with Crippen LogP contribution in [0.4, 0.5) is 0 Å². The third kappa shape index (κ3) is 2.18. The molecule has 1 atom stereocenters. The number of ether oxygens (including phenoxy) is 1. The molecule has 0 saturated carbocycles. The van der Waals surface area contributed by atoms with Crippen molar-refractivity contribution in [2.75, 3.05) is 33.4 Å². The highest BCUT2D eigenvalue weighted by atomic mass is 16.7. The molecule has 104 valence electrons. The van der Waals surface area contributed by atoms with Crippen LogP contribution in [0.2, 0.25) is 0 Å². The van der Waals surface area contributed by atoms with E-state index in [0.717, 1.165) is 37.4 Å². The first-order valence-electron chi connectivity index (χ1n) is 6.70. The Balaban J connectivity index is 2.04. The van der Waals surface area contributed by atoms with Crippen LogP contribution < -0.4 is 0 Å². The second kappa shape index (κ2) is 5.63. The largest absolute Gasteiger partial charge is 0.379 e. The van der Waals surface area contributed by atoms with Gasteiger partial charge >= 0.3 is 0 Å². The Bertz CT molecular complexity index is 558. The van der Waals surface area contributed by atoms with Crippen molar-refractivity contribution in [3.63, 3.8) is 0 Å². The molecular formula is C15H17N3O2. The molecule has 0 bridgehead atoms. The average molecular weight is 271 g/mol. The maximum absolute atomic E-state index is 9.31. The molecule has 2 aliphatic heterocycles. The maximum atomic E-state index is 9.31. The zero-order valence-corrected chi connectivity index (χ0v) is 11.5. The van der Waals surface area contributed by atoms with E-state index in [1.54, 1.807) is 18.4 Å². The van der Waals surface area contributed by atoms with Crippen molar-refractivity contribution in [3.8, 4) is 6.07 Å². The van der Waals surface area contributed by atoms with E-state index < -0.39 is 0 Å². The third-order valence-electron chi connectivity index (χ3n) is 3.75. The van der Waals surface area contributed by atoms with E-state index in [1.165, 1.54) is 0 Å². The Hall–Kier alpha value is -1.87. The zero-order chi connectivity index (χ0) is 13.9. The lowest BCUT2D eigenvalue weighted by Crippen LogP contribution is -2.46. The molecule has 0 radical (unpaired) electrons. The number of morpholine rings is 1. The summed E-state index contributed by atoms with van der Waals surface area (Å²) in [6.45, 7) is 3.17. The first-order chi connectivity index (χ1) is 9.85. The summed E-state index contributed by atoms with van der Waals surface area (Å²) in [6, 6.07) is 10.3. The normalized spacial score (nSPS) is 22.9. The van der Waals surface area contributed by atoms with Crippen LogP contribution in [0.3, 0.4) is 0 Å². The lowest BCUT2D eigenvalue weighted by molar-refractivity contribution is -0.177. The van der Waals surface area contributed by atoms with Gasteiger partial charge in [-0.3, -0.25) is 9.74 Å². The van der Waals surface area contributed by atoms with E-state index in [9.17, 15) is 5.26 Å². The molecule has 1 unspecified atom stereocenters. The van der Waals surface area contributed by atoms with Crippen molar-refractivity contribution < 1.29 is 9.57 Å². The summed E-state index contributed by atoms with van der Waals surface area (Å²) in [5.74, 6) is 0. The van der Waals surface area contributed by atoms with Crippen LogP contribution in [0.5, 0.6) is 0 Å². The van der Waals surface area contributed by atoms with Gasteiger partial charge in [0.1, 0.15) is 12.2 Å². The highest BCUT2D eigenvalue weighted by molar-refractivity contribution is 5.79. The molecule has 20 heavy (non-hydrogen) atoms. The minimum absolute atomic E-state index is 0.00259. The molecule has 2 heterocycles. The van der Waals surface area contributed by atoms with Crippen molar-refractivity contribution in [1.82, 2.24) is 9.96 Å². The molecule has 1 aromatic carbocycles. The molecule has 5 heteroatoms. The van der Waals surface area contributed by atoms with Crippen LogP contribution in [0.1, 0.15) is 17.3 Å². The Labute approximate surface area is 118 Å². The van der Waals surface area contributed by atoms with Gasteiger partial charge in [0.15, 0.2) is 0 Å². The van der Waals surface area contributed by atoms with Gasteiger partial charge in [0.25, 0.3) is 0 Å². The number of benzene rings is 1. The zero-order valence-electron chi connectivity index (χ0n) is 11.5. The molecular weight excluding hydrogens is 254 g/mol. The quantitative estimate of drug-likeness (QED) is 0.820. The van der Waals surface area contributed by atoms with Crippen LogP contribution in [-0.4, -0.2) is 43.4 Å². The van der Waals surface area contributed by atoms with Crippen LogP contribution >= 0.6 is 0 Å². The van der Waals surface area contributed by atoms with Gasteiger partial charge in [0, 0.05) is 30.4 Å². The Morgan fingerprint density at radius 3 is 2.75 bits per heavy atom. The first-order valence-corrected chi connectivity index (χ1v) is 6.70. The summed E-state index contributed by atoms with van der Waals surface area (Å²) in [6.07, 6.45) is 1.78. The highest BCUT2D eigenvalue weighted by Crippen LogP contribution is 2.36. The lowest BCUT2D eigenvalue weighted by atomic mass is 9.95. The van der Waals surface area contributed by atoms with Crippen molar-refractivity contribution in [2.24, 2.45) is 0 Å². The smallest absolute Gasteiger partial charge is 0.134 e. The van der Waals surface area contributed by atoms with Crippen LogP contribution in [0, 0.1) is 11.3 Å². The number of nitriles is 1. The number of fused-ring (bicyclic) bond motifs is 1. The fraction of sp³-hybridized carbons (Fsp3) is 0.400. The van der Waals surface area contributed by atoms with Crippen molar-refractivity contribution in [2.45, 2.75) is 6.17 Å². The molecule has 1 aromatic rings. The van der Waals surface area contributed by atoms with E-state index in [4.69, 9.17) is 9.57 Å². The van der Waals surface area contributed by atoms with Gasteiger partial charge in [-0.25, -0.2) is 5.06 Å². The van der Waals surface area contributed by atoms with E-state index in [1.807, 2.05) is 18.2 Å². The molecule has 0 amide bonds. The van der Waals surface area contributed by atoms with Crippen LogP contribution in [0.25, 0.3) is 5.57 Å². The fourth-order valence-corrected chi connectivity index (χ4v) is 2.79. The van der Waals surface area contributed by atoms with Gasteiger partial charge in [-0.15, -0.1) is 0 Å². The standard InChI is InChI=1S/C15H17N3O2/c1-19-18-11-12(10-16)13-4-2-3-5-14(13)15(18)17-6-8-20-9-7-17/h2-5,11,15H,6-9H2,1H3. The number of allylic oxidation sites excluding steroid dienone is 1. The number of hydrogen-bond acceptors (Lipinski definition) is 5. The Kier molecular flexibility index (Phi) is 3.70. The number of hydroxylamine groups is 2. The number of rotatable bonds is 2. The summed E-state index contributed by atoms with van der Waals surface area (Å²) >= 11 is 0. The van der Waals surface area contributed by atoms with Crippen molar-refractivity contribution >= 4 is 5.57 Å². The van der Waals surface area contributed by atoms with Gasteiger partial charge < -0.3 is 4.74 Å². The number of nitrogens with zero attached hydrogens (tertiary/aromatic N) is 3. The predicted octanol–water partition coefficient (Wildman–Crippen LogP) is 1.76. The molecule has 1 saturated heterocycles. The summed E-state index contributed by atoms with van der Waals surface area (Å²) < 4.78 is 5.42. The number of hydrogen-bond donors (Lipinski definition) is 0. The van der Waals surface area contributed by atoms with Gasteiger partial charge in [0.2, 0.25) is 0 Å². The highest BCUT2D eigenvalue weighted by Gasteiger charge is 2.33. The van der Waals surface area contributed by atoms with Gasteiger partial charge in [-0.1, -0.05) is 24.3 Å². The minimum atomic E-state index is -0.00259. The first kappa shape index (κ1) is 13.1. The molecule has 0 aromatic heterocycles. The Morgan fingerprint density at radius 1 is 1.30 bits per heavy atom. The summed E-state index contributed by atoms with van der Waals surface area (Å²) in [5.41, 5.74) is 2.72. The second-order valence-electron chi connectivity index (χ2n) is 4.81. The lowest BCUT2D eigenvalue weighted by Gasteiger charge is -2.42. The minimum Gasteiger partial charge on any atom is -0.379 e. The summed E-state index contributed by atoms with van der Waals surface area (Å²) in [4.78, 5) is 7.79. The van der Waals surface area contributed by atoms with Crippen LogP contribution in [0.15, 0.2) is 30.5 Å². The second-order valence-corrected chi connectivity index (χ2v) is 4.81. The van der Waals surface area contributed by atoms with E-state index in [2.05, 4.69) is 17.0 Å². The Morgan fingerprint density at radius 2 is 2.05 bits per heavy atom. The van der Waals surface area contributed by atoms with Gasteiger partial charge in [-0.05, 0) is 0 Å². The van der Waals surface area contributed by atoms with Gasteiger partial charge in [-0.2, -0.15) is 5.26 Å². The van der Waals surface area contributed by atoms with Gasteiger partial charge in [0.05, 0.1) is 25.9 Å². The summed E-state index contributed by atoms with van der Waals surface area (Å²) in [5, 5.41) is 11.1. The molecule has 5 nitrogen and oxygen atoms in total. The SMILES string of the molecule is CON1C=C(C#N)c2ccccc2C1N1CCOCC1. The fourth-order valence-electron chi connectivity index (χ4n) is 2.79. The molecule has 0 aliphatic carbocycles. The molecule has 1 fully saturated rings. The molecule has 0 spiro atoms. The maximum Gasteiger partial charge on any atom is 0.134 e. The van der Waals surface area contributed by atoms with Crippen molar-refractivity contribution in [1.29, 1.82) is 5.26 Å². The summed E-state index contributed by atoms with van der Waals surface area (Å²) in [7, 11) is 1.63. The van der Waals surface area contributed by atoms with Crippen LogP contribution in [-0.2, 0) is 9.57 Å². The average Bonchev–Trinajstić information content (AvgIpc) is 2.54. The van der Waals surface area contributed by atoms with E-state index >= 15 is 0 Å². The molecule has 0 N–H and O–H groups in total.